The van der Waals surface area contributed by atoms with Crippen molar-refractivity contribution >= 4 is 34.3 Å². The molecule has 0 saturated carbocycles. The molecule has 1 fully saturated rings. The van der Waals surface area contributed by atoms with E-state index in [2.05, 4.69) is 16.0 Å². The molecule has 2 aliphatic rings. The number of methoxy groups -OCH3 is 1. The maximum absolute atomic E-state index is 12.2. The summed E-state index contributed by atoms with van der Waals surface area (Å²) in [5.41, 5.74) is 1.05. The summed E-state index contributed by atoms with van der Waals surface area (Å²) in [6.45, 7) is 2.22. The molecule has 0 radical (unpaired) electrons. The Kier molecular flexibility index (Phi) is 4.75. The first kappa shape index (κ1) is 16.8. The van der Waals surface area contributed by atoms with Crippen molar-refractivity contribution in [2.45, 2.75) is 19.3 Å². The number of ether oxygens (including phenoxy) is 2. The van der Waals surface area contributed by atoms with Gasteiger partial charge in [-0.25, -0.2) is 9.79 Å². The molecule has 1 aromatic carbocycles. The van der Waals surface area contributed by atoms with Crippen LogP contribution < -0.4 is 9.64 Å². The van der Waals surface area contributed by atoms with Crippen LogP contribution in [0.25, 0.3) is 6.08 Å². The van der Waals surface area contributed by atoms with Crippen LogP contribution in [0.1, 0.15) is 29.7 Å². The Morgan fingerprint density at radius 1 is 1.19 bits per heavy atom. The minimum atomic E-state index is -0.421. The summed E-state index contributed by atoms with van der Waals surface area (Å²) in [4.78, 5) is 20.0. The Morgan fingerprint density at radius 3 is 2.85 bits per heavy atom. The molecule has 2 aromatic rings. The smallest absolute Gasteiger partial charge is 0.363 e. The molecule has 6 heteroatoms. The quantitative estimate of drug-likeness (QED) is 0.602. The average molecular weight is 368 g/mol. The Morgan fingerprint density at radius 2 is 2.04 bits per heavy atom. The van der Waals surface area contributed by atoms with Crippen molar-refractivity contribution in [1.82, 2.24) is 0 Å². The normalized spacial score (nSPS) is 18.8. The highest BCUT2D eigenvalue weighted by Crippen LogP contribution is 2.31. The molecule has 0 spiro atoms. The number of thiophene rings is 1. The molecule has 0 aliphatic carbocycles. The molecular weight excluding hydrogens is 348 g/mol. The molecule has 1 saturated heterocycles. The number of anilines is 1. The van der Waals surface area contributed by atoms with Gasteiger partial charge in [-0.2, -0.15) is 0 Å². The fraction of sp³-hybridized carbons (Fsp3) is 0.300. The summed E-state index contributed by atoms with van der Waals surface area (Å²) in [6.07, 6.45) is 5.60. The topological polar surface area (TPSA) is 51.1 Å². The van der Waals surface area contributed by atoms with Gasteiger partial charge >= 0.3 is 5.97 Å². The third-order valence-corrected chi connectivity index (χ3v) is 5.59. The third kappa shape index (κ3) is 3.51. The van der Waals surface area contributed by atoms with E-state index in [1.807, 2.05) is 24.3 Å². The zero-order valence-corrected chi connectivity index (χ0v) is 15.4. The second-order valence-electron chi connectivity index (χ2n) is 6.29. The van der Waals surface area contributed by atoms with Gasteiger partial charge in [0.1, 0.15) is 5.75 Å². The molecule has 0 atom stereocenters. The van der Waals surface area contributed by atoms with Crippen LogP contribution in [0, 0.1) is 0 Å². The summed E-state index contributed by atoms with van der Waals surface area (Å²) in [7, 11) is 1.60. The number of carbonyl (C=O) groups is 1. The van der Waals surface area contributed by atoms with Crippen molar-refractivity contribution < 1.29 is 14.3 Å². The molecular formula is C20H20N2O3S. The van der Waals surface area contributed by atoms with E-state index >= 15 is 0 Å². The second kappa shape index (κ2) is 7.33. The van der Waals surface area contributed by atoms with Gasteiger partial charge in [-0.1, -0.05) is 6.07 Å². The van der Waals surface area contributed by atoms with Crippen LogP contribution in [0.3, 0.4) is 0 Å². The second-order valence-corrected chi connectivity index (χ2v) is 7.39. The number of esters is 1. The van der Waals surface area contributed by atoms with Crippen LogP contribution in [0.4, 0.5) is 5.00 Å². The minimum absolute atomic E-state index is 0.313. The molecule has 3 heterocycles. The van der Waals surface area contributed by atoms with Crippen LogP contribution in [0.15, 0.2) is 47.1 Å². The van der Waals surface area contributed by atoms with E-state index in [4.69, 9.17) is 9.47 Å². The number of piperidine rings is 1. The number of carbonyl (C=O) groups excluding carboxylic acids is 1. The molecule has 1 aromatic heterocycles. The lowest BCUT2D eigenvalue weighted by Gasteiger charge is -2.27. The summed E-state index contributed by atoms with van der Waals surface area (Å²) >= 11 is 1.68. The largest absolute Gasteiger partial charge is 0.497 e. The molecule has 2 aliphatic heterocycles. The van der Waals surface area contributed by atoms with E-state index in [0.29, 0.717) is 17.3 Å². The molecule has 134 valence electrons. The first-order valence-corrected chi connectivity index (χ1v) is 9.56. The Balaban J connectivity index is 1.56. The summed E-state index contributed by atoms with van der Waals surface area (Å²) in [6, 6.07) is 11.5. The molecule has 0 unspecified atom stereocenters. The fourth-order valence-electron chi connectivity index (χ4n) is 3.13. The summed E-state index contributed by atoms with van der Waals surface area (Å²) in [5.74, 6) is 0.590. The number of hydrogen-bond donors (Lipinski definition) is 0. The Hall–Kier alpha value is -2.60. The maximum atomic E-state index is 12.2. The van der Waals surface area contributed by atoms with E-state index in [-0.39, 0.29) is 0 Å². The Bertz CT molecular complexity index is 879. The highest BCUT2D eigenvalue weighted by Gasteiger charge is 2.24. The predicted octanol–water partition coefficient (Wildman–Crippen LogP) is 4.09. The van der Waals surface area contributed by atoms with Crippen molar-refractivity contribution in [1.29, 1.82) is 0 Å². The molecule has 4 rings (SSSR count). The van der Waals surface area contributed by atoms with Crippen LogP contribution in [0.2, 0.25) is 0 Å². The molecule has 0 bridgehead atoms. The van der Waals surface area contributed by atoms with Crippen molar-refractivity contribution in [2.24, 2.45) is 4.99 Å². The lowest BCUT2D eigenvalue weighted by Crippen LogP contribution is -2.28. The van der Waals surface area contributed by atoms with Gasteiger partial charge in [-0.15, -0.1) is 11.3 Å². The van der Waals surface area contributed by atoms with Crippen molar-refractivity contribution in [3.63, 3.8) is 0 Å². The van der Waals surface area contributed by atoms with Crippen molar-refractivity contribution in [2.75, 3.05) is 25.1 Å². The zero-order valence-electron chi connectivity index (χ0n) is 14.6. The molecule has 26 heavy (non-hydrogen) atoms. The standard InChI is InChI=1S/C20H20N2O3S/c1-24-15-7-5-6-14(12-15)19-21-17(20(23)25-19)13-16-8-9-18(26-16)22-10-3-2-4-11-22/h5-9,12-13H,2-4,10-11H2,1H3/b17-13-. The SMILES string of the molecule is COc1cccc(C2=N/C(=C\c3ccc(N4CCCCC4)s3)C(=O)O2)c1. The average Bonchev–Trinajstić information content (AvgIpc) is 3.30. The van der Waals surface area contributed by atoms with E-state index in [1.54, 1.807) is 30.6 Å². The van der Waals surface area contributed by atoms with E-state index in [0.717, 1.165) is 23.5 Å². The number of hydrogen-bond acceptors (Lipinski definition) is 6. The highest BCUT2D eigenvalue weighted by atomic mass is 32.1. The lowest BCUT2D eigenvalue weighted by molar-refractivity contribution is -0.129. The first-order chi connectivity index (χ1) is 12.7. The van der Waals surface area contributed by atoms with Gasteiger partial charge in [0.05, 0.1) is 12.1 Å². The van der Waals surface area contributed by atoms with Gasteiger partial charge in [0.15, 0.2) is 5.70 Å². The van der Waals surface area contributed by atoms with Crippen molar-refractivity contribution in [3.8, 4) is 5.75 Å². The minimum Gasteiger partial charge on any atom is -0.497 e. The van der Waals surface area contributed by atoms with E-state index < -0.39 is 5.97 Å². The van der Waals surface area contributed by atoms with Gasteiger partial charge < -0.3 is 14.4 Å². The molecule has 5 nitrogen and oxygen atoms in total. The monoisotopic (exact) mass is 368 g/mol. The summed E-state index contributed by atoms with van der Waals surface area (Å²) < 4.78 is 10.5. The van der Waals surface area contributed by atoms with Crippen LogP contribution in [-0.4, -0.2) is 32.1 Å². The molecule has 0 amide bonds. The van der Waals surface area contributed by atoms with Crippen molar-refractivity contribution in [3.05, 3.63) is 52.5 Å². The van der Waals surface area contributed by atoms with Gasteiger partial charge in [-0.3, -0.25) is 0 Å². The molecule has 0 N–H and O–H groups in total. The van der Waals surface area contributed by atoms with Gasteiger partial charge in [0, 0.05) is 23.5 Å². The summed E-state index contributed by atoms with van der Waals surface area (Å²) in [5, 5.41) is 1.25. The first-order valence-electron chi connectivity index (χ1n) is 8.75. The number of nitrogens with zero attached hydrogens (tertiary/aromatic N) is 2. The Labute approximate surface area is 156 Å². The van der Waals surface area contributed by atoms with Gasteiger partial charge in [-0.05, 0) is 55.7 Å². The fourth-order valence-corrected chi connectivity index (χ4v) is 4.12. The zero-order chi connectivity index (χ0) is 17.9. The number of rotatable bonds is 4. The number of benzene rings is 1. The highest BCUT2D eigenvalue weighted by molar-refractivity contribution is 7.16. The van der Waals surface area contributed by atoms with Crippen LogP contribution in [-0.2, 0) is 9.53 Å². The third-order valence-electron chi connectivity index (χ3n) is 4.50. The van der Waals surface area contributed by atoms with Gasteiger partial charge in [0.2, 0.25) is 5.90 Å². The number of aliphatic imine (C=N–C) groups is 1. The van der Waals surface area contributed by atoms with Crippen LogP contribution in [0.5, 0.6) is 5.75 Å². The van der Waals surface area contributed by atoms with E-state index in [9.17, 15) is 4.79 Å². The van der Waals surface area contributed by atoms with Crippen LogP contribution >= 0.6 is 11.3 Å². The lowest BCUT2D eigenvalue weighted by atomic mass is 10.1. The van der Waals surface area contributed by atoms with E-state index in [1.165, 1.54) is 24.3 Å². The number of cyclic esters (lactones) is 1. The predicted molar refractivity (Wildman–Crippen MR) is 104 cm³/mol. The van der Waals surface area contributed by atoms with Gasteiger partial charge in [0.25, 0.3) is 0 Å². The maximum Gasteiger partial charge on any atom is 0.363 e.